The first-order valence-corrected chi connectivity index (χ1v) is 5.84. The van der Waals surface area contributed by atoms with Crippen LogP contribution in [0.4, 0.5) is 10.3 Å². The Hall–Kier alpha value is -2.90. The van der Waals surface area contributed by atoms with Crippen LogP contribution in [0.3, 0.4) is 0 Å². The van der Waals surface area contributed by atoms with E-state index in [1.807, 2.05) is 0 Å². The number of carbonyl (C=O) groups excluding carboxylic acids is 1. The van der Waals surface area contributed by atoms with Crippen LogP contribution in [0.1, 0.15) is 16.1 Å². The molecule has 21 heavy (non-hydrogen) atoms. The van der Waals surface area contributed by atoms with E-state index >= 15 is 0 Å². The highest BCUT2D eigenvalue weighted by Gasteiger charge is 2.14. The van der Waals surface area contributed by atoms with Gasteiger partial charge in [0.1, 0.15) is 17.1 Å². The number of nitrogens with one attached hydrogen (secondary N) is 1. The Morgan fingerprint density at radius 2 is 2.19 bits per heavy atom. The first-order chi connectivity index (χ1) is 9.95. The number of amides is 1. The quantitative estimate of drug-likeness (QED) is 0.872. The Labute approximate surface area is 118 Å². The van der Waals surface area contributed by atoms with Crippen LogP contribution >= 0.6 is 0 Å². The summed E-state index contributed by atoms with van der Waals surface area (Å²) in [4.78, 5) is 22.5. The van der Waals surface area contributed by atoms with E-state index in [-0.39, 0.29) is 17.2 Å². The molecule has 0 radical (unpaired) electrons. The van der Waals surface area contributed by atoms with Crippen molar-refractivity contribution in [1.82, 2.24) is 5.16 Å². The predicted molar refractivity (Wildman–Crippen MR) is 68.7 cm³/mol. The summed E-state index contributed by atoms with van der Waals surface area (Å²) in [5, 5.41) is 14.9. The molecule has 1 heterocycles. The van der Waals surface area contributed by atoms with Crippen molar-refractivity contribution in [2.75, 3.05) is 11.9 Å². The summed E-state index contributed by atoms with van der Waals surface area (Å²) < 4.78 is 22.9. The molecule has 1 aromatic carbocycles. The molecular weight excluding hydrogens is 283 g/mol. The van der Waals surface area contributed by atoms with Gasteiger partial charge in [-0.2, -0.15) is 0 Å². The number of anilines is 1. The highest BCUT2D eigenvalue weighted by Crippen LogP contribution is 2.20. The number of carboxylic acids is 1. The number of rotatable bonds is 5. The molecule has 0 spiro atoms. The molecule has 2 aromatic rings. The fourth-order valence-electron chi connectivity index (χ4n) is 1.53. The molecule has 0 saturated heterocycles. The number of hydrogen-bond acceptors (Lipinski definition) is 5. The standard InChI is InChI=1S/C13H11FN2O5/c1-7-4-12(21-16-7)15-11(17)6-20-10-5-8(14)2-3-9(10)13(18)19/h2-5H,6H2,1H3,(H,15,17)(H,18,19). The zero-order valence-electron chi connectivity index (χ0n) is 10.9. The molecule has 110 valence electrons. The van der Waals surface area contributed by atoms with Crippen LogP contribution in [0.2, 0.25) is 0 Å². The molecule has 0 atom stereocenters. The van der Waals surface area contributed by atoms with E-state index in [9.17, 15) is 14.0 Å². The van der Waals surface area contributed by atoms with Crippen molar-refractivity contribution in [2.24, 2.45) is 0 Å². The van der Waals surface area contributed by atoms with E-state index in [2.05, 4.69) is 10.5 Å². The second kappa shape index (κ2) is 6.04. The van der Waals surface area contributed by atoms with Gasteiger partial charge >= 0.3 is 5.97 Å². The van der Waals surface area contributed by atoms with Crippen molar-refractivity contribution < 1.29 is 28.3 Å². The van der Waals surface area contributed by atoms with Crippen LogP contribution in [0, 0.1) is 12.7 Å². The Morgan fingerprint density at radius 3 is 2.81 bits per heavy atom. The molecule has 1 amide bonds. The maximum Gasteiger partial charge on any atom is 0.339 e. The van der Waals surface area contributed by atoms with Crippen LogP contribution < -0.4 is 10.1 Å². The van der Waals surface area contributed by atoms with Crippen molar-refractivity contribution in [1.29, 1.82) is 0 Å². The Kier molecular flexibility index (Phi) is 4.17. The van der Waals surface area contributed by atoms with Gasteiger partial charge in [0, 0.05) is 12.1 Å². The maximum atomic E-state index is 13.1. The van der Waals surface area contributed by atoms with E-state index in [0.29, 0.717) is 5.69 Å². The molecule has 0 saturated carbocycles. The molecule has 0 aliphatic carbocycles. The Balaban J connectivity index is 2.00. The molecule has 0 fully saturated rings. The molecule has 0 aliphatic rings. The lowest BCUT2D eigenvalue weighted by Crippen LogP contribution is -2.20. The fourth-order valence-corrected chi connectivity index (χ4v) is 1.53. The number of benzene rings is 1. The van der Waals surface area contributed by atoms with Gasteiger partial charge in [-0.25, -0.2) is 9.18 Å². The first-order valence-electron chi connectivity index (χ1n) is 5.84. The van der Waals surface area contributed by atoms with Gasteiger partial charge in [0.25, 0.3) is 5.91 Å². The molecular formula is C13H11FN2O5. The number of aryl methyl sites for hydroxylation is 1. The lowest BCUT2D eigenvalue weighted by atomic mass is 10.2. The fraction of sp³-hybridized carbons (Fsp3) is 0.154. The van der Waals surface area contributed by atoms with E-state index < -0.39 is 24.3 Å². The highest BCUT2D eigenvalue weighted by molar-refractivity contribution is 5.92. The van der Waals surface area contributed by atoms with Crippen molar-refractivity contribution in [3.63, 3.8) is 0 Å². The second-order valence-corrected chi connectivity index (χ2v) is 4.12. The first kappa shape index (κ1) is 14.5. The van der Waals surface area contributed by atoms with Gasteiger partial charge < -0.3 is 14.4 Å². The third-order valence-electron chi connectivity index (χ3n) is 2.42. The number of aromatic carboxylic acids is 1. The van der Waals surface area contributed by atoms with Crippen molar-refractivity contribution in [2.45, 2.75) is 6.92 Å². The molecule has 1 aromatic heterocycles. The van der Waals surface area contributed by atoms with Gasteiger partial charge in [-0.3, -0.25) is 10.1 Å². The van der Waals surface area contributed by atoms with Gasteiger partial charge in [-0.1, -0.05) is 5.16 Å². The third kappa shape index (κ3) is 3.78. The van der Waals surface area contributed by atoms with Gasteiger partial charge in [0.05, 0.1) is 5.69 Å². The molecule has 2 N–H and O–H groups in total. The van der Waals surface area contributed by atoms with Gasteiger partial charge in [0.2, 0.25) is 5.88 Å². The number of carboxylic acid groups (broad SMARTS) is 1. The summed E-state index contributed by atoms with van der Waals surface area (Å²) in [6.07, 6.45) is 0. The Morgan fingerprint density at radius 1 is 1.43 bits per heavy atom. The molecule has 7 nitrogen and oxygen atoms in total. The van der Waals surface area contributed by atoms with E-state index in [4.69, 9.17) is 14.4 Å². The topological polar surface area (TPSA) is 102 Å². The van der Waals surface area contributed by atoms with Crippen LogP contribution in [0.5, 0.6) is 5.75 Å². The highest BCUT2D eigenvalue weighted by atomic mass is 19.1. The summed E-state index contributed by atoms with van der Waals surface area (Å²) in [5.41, 5.74) is 0.351. The summed E-state index contributed by atoms with van der Waals surface area (Å²) in [6, 6.07) is 4.45. The predicted octanol–water partition coefficient (Wildman–Crippen LogP) is 1.84. The summed E-state index contributed by atoms with van der Waals surface area (Å²) in [7, 11) is 0. The van der Waals surface area contributed by atoms with Crippen LogP contribution in [-0.2, 0) is 4.79 Å². The molecule has 2 rings (SSSR count). The molecule has 0 bridgehead atoms. The SMILES string of the molecule is Cc1cc(NC(=O)COc2cc(F)ccc2C(=O)O)on1. The minimum Gasteiger partial charge on any atom is -0.483 e. The summed E-state index contributed by atoms with van der Waals surface area (Å²) in [5.74, 6) is -2.63. The lowest BCUT2D eigenvalue weighted by molar-refractivity contribution is -0.118. The minimum atomic E-state index is -1.28. The van der Waals surface area contributed by atoms with Crippen molar-refractivity contribution in [3.8, 4) is 5.75 Å². The normalized spacial score (nSPS) is 10.2. The molecule has 8 heteroatoms. The Bertz CT molecular complexity index is 683. The summed E-state index contributed by atoms with van der Waals surface area (Å²) in [6.45, 7) is 1.19. The van der Waals surface area contributed by atoms with E-state index in [0.717, 1.165) is 18.2 Å². The van der Waals surface area contributed by atoms with Crippen LogP contribution in [0.25, 0.3) is 0 Å². The monoisotopic (exact) mass is 294 g/mol. The number of halogens is 1. The zero-order valence-corrected chi connectivity index (χ0v) is 10.9. The van der Waals surface area contributed by atoms with Crippen LogP contribution in [-0.4, -0.2) is 28.7 Å². The number of ether oxygens (including phenoxy) is 1. The largest absolute Gasteiger partial charge is 0.483 e. The maximum absolute atomic E-state index is 13.1. The molecule has 0 aliphatic heterocycles. The van der Waals surface area contributed by atoms with Crippen molar-refractivity contribution >= 4 is 17.8 Å². The number of nitrogens with zero attached hydrogens (tertiary/aromatic N) is 1. The van der Waals surface area contributed by atoms with Crippen molar-refractivity contribution in [3.05, 3.63) is 41.3 Å². The smallest absolute Gasteiger partial charge is 0.339 e. The third-order valence-corrected chi connectivity index (χ3v) is 2.42. The summed E-state index contributed by atoms with van der Waals surface area (Å²) >= 11 is 0. The van der Waals surface area contributed by atoms with E-state index in [1.165, 1.54) is 6.07 Å². The van der Waals surface area contributed by atoms with Crippen LogP contribution in [0.15, 0.2) is 28.8 Å². The average Bonchev–Trinajstić information content (AvgIpc) is 2.81. The lowest BCUT2D eigenvalue weighted by Gasteiger charge is -2.08. The minimum absolute atomic E-state index is 0.138. The average molecular weight is 294 g/mol. The van der Waals surface area contributed by atoms with Gasteiger partial charge in [0.15, 0.2) is 6.61 Å². The molecule has 0 unspecified atom stereocenters. The van der Waals surface area contributed by atoms with E-state index in [1.54, 1.807) is 6.92 Å². The number of aromatic nitrogens is 1. The second-order valence-electron chi connectivity index (χ2n) is 4.12. The van der Waals surface area contributed by atoms with Gasteiger partial charge in [-0.15, -0.1) is 0 Å². The van der Waals surface area contributed by atoms with Gasteiger partial charge in [-0.05, 0) is 19.1 Å². The zero-order chi connectivity index (χ0) is 15.4. The number of hydrogen-bond donors (Lipinski definition) is 2. The number of carbonyl (C=O) groups is 2.